The van der Waals surface area contributed by atoms with Gasteiger partial charge in [-0.25, -0.2) is 4.79 Å². The van der Waals surface area contributed by atoms with Crippen molar-refractivity contribution in [3.05, 3.63) is 23.8 Å². The maximum Gasteiger partial charge on any atom is 0.514 e. The van der Waals surface area contributed by atoms with E-state index in [2.05, 4.69) is 0 Å². The van der Waals surface area contributed by atoms with E-state index in [4.69, 9.17) is 9.47 Å². The average molecular weight is 252 g/mol. The largest absolute Gasteiger partial charge is 0.514 e. The molecule has 0 unspecified atom stereocenters. The summed E-state index contributed by atoms with van der Waals surface area (Å²) in [6.07, 6.45) is -0.747. The Hall–Kier alpha value is -1.71. The molecule has 0 spiro atoms. The highest BCUT2D eigenvalue weighted by Crippen LogP contribution is 2.29. The third-order valence-corrected chi connectivity index (χ3v) is 2.21. The molecule has 0 atom stereocenters. The zero-order valence-electron chi connectivity index (χ0n) is 11.5. The fraction of sp³-hybridized carbons (Fsp3) is 0.500. The zero-order chi connectivity index (χ0) is 13.9. The van der Waals surface area contributed by atoms with E-state index in [1.54, 1.807) is 26.8 Å². The summed E-state index contributed by atoms with van der Waals surface area (Å²) in [6, 6.07) is 4.68. The molecule has 0 heterocycles. The summed E-state index contributed by atoms with van der Waals surface area (Å²) >= 11 is 0. The molecular weight excluding hydrogens is 232 g/mol. The minimum absolute atomic E-state index is 0.146. The molecular formula is C14H20O4. The van der Waals surface area contributed by atoms with Crippen LogP contribution >= 0.6 is 0 Å². The van der Waals surface area contributed by atoms with Crippen LogP contribution in [0.1, 0.15) is 46.1 Å². The average Bonchev–Trinajstić information content (AvgIpc) is 2.17. The predicted octanol–water partition coefficient (Wildman–Crippen LogP) is 3.83. The van der Waals surface area contributed by atoms with Crippen LogP contribution in [-0.4, -0.2) is 16.9 Å². The van der Waals surface area contributed by atoms with Crippen molar-refractivity contribution in [2.45, 2.75) is 46.1 Å². The van der Waals surface area contributed by atoms with Crippen LogP contribution in [0.3, 0.4) is 0 Å². The third kappa shape index (κ3) is 4.28. The maximum absolute atomic E-state index is 11.5. The standard InChI is InChI=1S/C14H20O4/c1-9(2)11-8-10(6-7-12(11)15)17-13(16)18-14(3,4)5/h6-9,15H,1-5H3. The van der Waals surface area contributed by atoms with E-state index >= 15 is 0 Å². The Kier molecular flexibility index (Phi) is 4.22. The van der Waals surface area contributed by atoms with Crippen molar-refractivity contribution < 1.29 is 19.4 Å². The Bertz CT molecular complexity index is 430. The molecule has 0 fully saturated rings. The van der Waals surface area contributed by atoms with Gasteiger partial charge in [-0.05, 0) is 44.9 Å². The lowest BCUT2D eigenvalue weighted by Crippen LogP contribution is -2.26. The van der Waals surface area contributed by atoms with Gasteiger partial charge in [0.25, 0.3) is 0 Å². The summed E-state index contributed by atoms with van der Waals surface area (Å²) < 4.78 is 10.1. The van der Waals surface area contributed by atoms with Gasteiger partial charge in [0.1, 0.15) is 17.1 Å². The van der Waals surface area contributed by atoms with Crippen molar-refractivity contribution in [3.8, 4) is 11.5 Å². The molecule has 0 amide bonds. The monoisotopic (exact) mass is 252 g/mol. The van der Waals surface area contributed by atoms with E-state index in [-0.39, 0.29) is 11.7 Å². The van der Waals surface area contributed by atoms with Gasteiger partial charge in [-0.3, -0.25) is 0 Å². The molecule has 1 N–H and O–H groups in total. The number of rotatable bonds is 2. The Morgan fingerprint density at radius 2 is 1.89 bits per heavy atom. The van der Waals surface area contributed by atoms with Crippen LogP contribution in [0.4, 0.5) is 4.79 Å². The number of benzene rings is 1. The van der Waals surface area contributed by atoms with Crippen molar-refractivity contribution in [1.82, 2.24) is 0 Å². The summed E-state index contributed by atoms with van der Waals surface area (Å²) in [5.74, 6) is 0.708. The highest BCUT2D eigenvalue weighted by molar-refractivity contribution is 5.64. The van der Waals surface area contributed by atoms with Crippen molar-refractivity contribution in [1.29, 1.82) is 0 Å². The first-order chi connectivity index (χ1) is 8.19. The summed E-state index contributed by atoms with van der Waals surface area (Å²) in [5.41, 5.74) is 0.144. The second-order valence-electron chi connectivity index (χ2n) is 5.44. The van der Waals surface area contributed by atoms with Crippen molar-refractivity contribution in [2.75, 3.05) is 0 Å². The van der Waals surface area contributed by atoms with Gasteiger partial charge in [0.2, 0.25) is 0 Å². The number of hydrogen-bond acceptors (Lipinski definition) is 4. The molecule has 0 bridgehead atoms. The SMILES string of the molecule is CC(C)c1cc(OC(=O)OC(C)(C)C)ccc1O. The molecule has 1 aromatic rings. The van der Waals surface area contributed by atoms with Crippen LogP contribution in [0, 0.1) is 0 Å². The summed E-state index contributed by atoms with van der Waals surface area (Å²) in [7, 11) is 0. The molecule has 0 aliphatic rings. The molecule has 1 aromatic carbocycles. The first kappa shape index (κ1) is 14.4. The van der Waals surface area contributed by atoms with E-state index in [9.17, 15) is 9.90 Å². The Morgan fingerprint density at radius 1 is 1.28 bits per heavy atom. The van der Waals surface area contributed by atoms with Crippen LogP contribution in [0.2, 0.25) is 0 Å². The summed E-state index contributed by atoms with van der Waals surface area (Å²) in [6.45, 7) is 9.21. The Balaban J connectivity index is 2.80. The van der Waals surface area contributed by atoms with Crippen LogP contribution < -0.4 is 4.74 Å². The van der Waals surface area contributed by atoms with Gasteiger partial charge in [-0.1, -0.05) is 13.8 Å². The van der Waals surface area contributed by atoms with Gasteiger partial charge in [0.05, 0.1) is 0 Å². The van der Waals surface area contributed by atoms with Crippen molar-refractivity contribution in [2.24, 2.45) is 0 Å². The van der Waals surface area contributed by atoms with Gasteiger partial charge < -0.3 is 14.6 Å². The lowest BCUT2D eigenvalue weighted by molar-refractivity contribution is 0.0206. The Morgan fingerprint density at radius 3 is 2.39 bits per heavy atom. The van der Waals surface area contributed by atoms with Crippen LogP contribution in [0.15, 0.2) is 18.2 Å². The quantitative estimate of drug-likeness (QED) is 0.642. The summed E-state index contributed by atoms with van der Waals surface area (Å²) in [5, 5.41) is 9.65. The van der Waals surface area contributed by atoms with Crippen LogP contribution in [0.25, 0.3) is 0 Å². The molecule has 4 nitrogen and oxygen atoms in total. The van der Waals surface area contributed by atoms with E-state index in [1.807, 2.05) is 13.8 Å². The number of ether oxygens (including phenoxy) is 2. The summed E-state index contributed by atoms with van der Waals surface area (Å²) in [4.78, 5) is 11.5. The first-order valence-electron chi connectivity index (χ1n) is 5.93. The van der Waals surface area contributed by atoms with E-state index in [0.717, 1.165) is 5.56 Å². The molecule has 0 radical (unpaired) electrons. The molecule has 1 rings (SSSR count). The Labute approximate surface area is 108 Å². The number of phenols is 1. The number of phenolic OH excluding ortho intramolecular Hbond substituents is 1. The molecule has 18 heavy (non-hydrogen) atoms. The van der Waals surface area contributed by atoms with E-state index in [0.29, 0.717) is 5.75 Å². The first-order valence-corrected chi connectivity index (χ1v) is 5.93. The normalized spacial score (nSPS) is 11.4. The van der Waals surface area contributed by atoms with Crippen LogP contribution in [-0.2, 0) is 4.74 Å². The fourth-order valence-electron chi connectivity index (χ4n) is 1.43. The number of hydrogen-bond donors (Lipinski definition) is 1. The van der Waals surface area contributed by atoms with Crippen molar-refractivity contribution >= 4 is 6.16 Å². The zero-order valence-corrected chi connectivity index (χ0v) is 11.5. The van der Waals surface area contributed by atoms with E-state index < -0.39 is 11.8 Å². The maximum atomic E-state index is 11.5. The molecule has 4 heteroatoms. The molecule has 0 aromatic heterocycles. The highest BCUT2D eigenvalue weighted by atomic mass is 16.7. The second kappa shape index (κ2) is 5.29. The van der Waals surface area contributed by atoms with Crippen LogP contribution in [0.5, 0.6) is 11.5 Å². The number of carbonyl (C=O) groups excluding carboxylic acids is 1. The topological polar surface area (TPSA) is 55.8 Å². The molecule has 0 saturated carbocycles. The predicted molar refractivity (Wildman–Crippen MR) is 69.1 cm³/mol. The van der Waals surface area contributed by atoms with Crippen molar-refractivity contribution in [3.63, 3.8) is 0 Å². The lowest BCUT2D eigenvalue weighted by atomic mass is 10.0. The highest BCUT2D eigenvalue weighted by Gasteiger charge is 2.18. The van der Waals surface area contributed by atoms with Gasteiger partial charge in [-0.2, -0.15) is 0 Å². The smallest absolute Gasteiger partial charge is 0.508 e. The molecule has 0 aliphatic carbocycles. The van der Waals surface area contributed by atoms with Gasteiger partial charge in [0, 0.05) is 5.56 Å². The van der Waals surface area contributed by atoms with Gasteiger partial charge >= 0.3 is 6.16 Å². The third-order valence-electron chi connectivity index (χ3n) is 2.21. The fourth-order valence-corrected chi connectivity index (χ4v) is 1.43. The number of aromatic hydroxyl groups is 1. The van der Waals surface area contributed by atoms with Gasteiger partial charge in [-0.15, -0.1) is 0 Å². The lowest BCUT2D eigenvalue weighted by Gasteiger charge is -2.19. The van der Waals surface area contributed by atoms with Gasteiger partial charge in [0.15, 0.2) is 0 Å². The minimum Gasteiger partial charge on any atom is -0.508 e. The molecule has 0 saturated heterocycles. The second-order valence-corrected chi connectivity index (χ2v) is 5.44. The number of carbonyl (C=O) groups is 1. The molecule has 0 aliphatic heterocycles. The van der Waals surface area contributed by atoms with E-state index in [1.165, 1.54) is 12.1 Å². The minimum atomic E-state index is -0.747. The molecule has 100 valence electrons.